The number of thioether (sulfide) groups is 1. The first-order valence-corrected chi connectivity index (χ1v) is 7.26. The molecule has 3 aliphatic heterocycles. The summed E-state index contributed by atoms with van der Waals surface area (Å²) in [5.41, 5.74) is 0. The molecule has 18 heavy (non-hydrogen) atoms. The molecule has 0 radical (unpaired) electrons. The van der Waals surface area contributed by atoms with Crippen molar-refractivity contribution in [3.05, 3.63) is 11.7 Å². The standard InChI is InChI=1S/C11H15N5OS/c12-1-6-18-8-10-13-11(14-17-10)9-7-15-2-4-16(9)5-3-15/h9H,2-8H2. The van der Waals surface area contributed by atoms with E-state index in [1.807, 2.05) is 0 Å². The average molecular weight is 265 g/mol. The van der Waals surface area contributed by atoms with Crippen molar-refractivity contribution in [2.75, 3.05) is 38.5 Å². The van der Waals surface area contributed by atoms with Crippen LogP contribution in [0.1, 0.15) is 17.8 Å². The lowest BCUT2D eigenvalue weighted by Crippen LogP contribution is -2.57. The van der Waals surface area contributed by atoms with E-state index in [1.165, 1.54) is 11.8 Å². The van der Waals surface area contributed by atoms with Crippen LogP contribution in [0.15, 0.2) is 4.52 Å². The van der Waals surface area contributed by atoms with Gasteiger partial charge in [0.05, 0.1) is 23.6 Å². The molecule has 0 aromatic carbocycles. The number of nitriles is 1. The van der Waals surface area contributed by atoms with E-state index in [4.69, 9.17) is 9.78 Å². The molecule has 2 bridgehead atoms. The minimum Gasteiger partial charge on any atom is -0.338 e. The molecule has 1 atom stereocenters. The average Bonchev–Trinajstić information content (AvgIpc) is 2.89. The van der Waals surface area contributed by atoms with Crippen LogP contribution in [0.2, 0.25) is 0 Å². The van der Waals surface area contributed by atoms with E-state index in [0.29, 0.717) is 17.4 Å². The summed E-state index contributed by atoms with van der Waals surface area (Å²) < 4.78 is 5.24. The Morgan fingerprint density at radius 1 is 1.39 bits per heavy atom. The van der Waals surface area contributed by atoms with Crippen LogP contribution in [0, 0.1) is 11.3 Å². The largest absolute Gasteiger partial charge is 0.338 e. The molecule has 0 aliphatic carbocycles. The second kappa shape index (κ2) is 5.26. The van der Waals surface area contributed by atoms with E-state index < -0.39 is 0 Å². The van der Waals surface area contributed by atoms with Crippen LogP contribution in [-0.2, 0) is 5.75 Å². The molecule has 0 saturated carbocycles. The minimum absolute atomic E-state index is 0.283. The Labute approximate surface area is 110 Å². The quantitative estimate of drug-likeness (QED) is 0.734. The molecule has 6 nitrogen and oxygen atoms in total. The maximum absolute atomic E-state index is 8.48. The molecular formula is C11H15N5OS. The molecule has 3 aliphatic rings. The van der Waals surface area contributed by atoms with Crippen molar-refractivity contribution < 1.29 is 4.52 Å². The van der Waals surface area contributed by atoms with Crippen LogP contribution in [-0.4, -0.2) is 58.4 Å². The van der Waals surface area contributed by atoms with Crippen molar-refractivity contribution in [3.8, 4) is 6.07 Å². The Balaban J connectivity index is 1.64. The van der Waals surface area contributed by atoms with Gasteiger partial charge in [0, 0.05) is 32.7 Å². The predicted octanol–water partition coefficient (Wildman–Crippen LogP) is 0.499. The van der Waals surface area contributed by atoms with Gasteiger partial charge in [-0.2, -0.15) is 10.2 Å². The van der Waals surface area contributed by atoms with Crippen molar-refractivity contribution in [2.45, 2.75) is 11.8 Å². The molecule has 0 N–H and O–H groups in total. The van der Waals surface area contributed by atoms with Crippen molar-refractivity contribution in [3.63, 3.8) is 0 Å². The number of fused-ring (bicyclic) bond motifs is 3. The molecule has 0 amide bonds. The summed E-state index contributed by atoms with van der Waals surface area (Å²) in [5.74, 6) is 2.51. The van der Waals surface area contributed by atoms with E-state index in [2.05, 4.69) is 26.0 Å². The highest BCUT2D eigenvalue weighted by Crippen LogP contribution is 2.27. The van der Waals surface area contributed by atoms with Gasteiger partial charge in [0.15, 0.2) is 5.82 Å². The molecule has 3 fully saturated rings. The van der Waals surface area contributed by atoms with Crippen molar-refractivity contribution in [2.24, 2.45) is 0 Å². The summed E-state index contributed by atoms with van der Waals surface area (Å²) in [7, 11) is 0. The molecule has 4 heterocycles. The number of aromatic nitrogens is 2. The van der Waals surface area contributed by atoms with Gasteiger partial charge in [-0.15, -0.1) is 11.8 Å². The number of piperazine rings is 3. The molecule has 1 unspecified atom stereocenters. The lowest BCUT2D eigenvalue weighted by atomic mass is 10.1. The van der Waals surface area contributed by atoms with Crippen LogP contribution in [0.5, 0.6) is 0 Å². The van der Waals surface area contributed by atoms with E-state index in [9.17, 15) is 0 Å². The lowest BCUT2D eigenvalue weighted by molar-refractivity contribution is 0.00781. The Kier molecular flexibility index (Phi) is 3.50. The highest BCUT2D eigenvalue weighted by atomic mass is 32.2. The Morgan fingerprint density at radius 2 is 2.22 bits per heavy atom. The van der Waals surface area contributed by atoms with E-state index in [-0.39, 0.29) is 6.04 Å². The van der Waals surface area contributed by atoms with Gasteiger partial charge in [0.1, 0.15) is 0 Å². The molecule has 0 spiro atoms. The van der Waals surface area contributed by atoms with Crippen LogP contribution >= 0.6 is 11.8 Å². The zero-order chi connectivity index (χ0) is 12.4. The second-order valence-electron chi connectivity index (χ2n) is 4.55. The maximum Gasteiger partial charge on any atom is 0.236 e. The number of hydrogen-bond donors (Lipinski definition) is 0. The first-order chi connectivity index (χ1) is 8.86. The monoisotopic (exact) mass is 265 g/mol. The van der Waals surface area contributed by atoms with Crippen LogP contribution in [0.3, 0.4) is 0 Å². The van der Waals surface area contributed by atoms with E-state index in [1.54, 1.807) is 0 Å². The van der Waals surface area contributed by atoms with Crippen molar-refractivity contribution in [1.29, 1.82) is 5.26 Å². The third-order valence-corrected chi connectivity index (χ3v) is 4.24. The topological polar surface area (TPSA) is 69.2 Å². The zero-order valence-corrected chi connectivity index (χ0v) is 10.9. The Morgan fingerprint density at radius 3 is 2.89 bits per heavy atom. The van der Waals surface area contributed by atoms with Gasteiger partial charge < -0.3 is 4.52 Å². The third kappa shape index (κ3) is 2.36. The van der Waals surface area contributed by atoms with Crippen LogP contribution in [0.25, 0.3) is 0 Å². The van der Waals surface area contributed by atoms with Gasteiger partial charge in [0.2, 0.25) is 5.89 Å². The predicted molar refractivity (Wildman–Crippen MR) is 66.8 cm³/mol. The fraction of sp³-hybridized carbons (Fsp3) is 0.727. The first-order valence-electron chi connectivity index (χ1n) is 6.10. The molecule has 1 aromatic rings. The Bertz CT molecular complexity index is 449. The molecule has 1 aromatic heterocycles. The van der Waals surface area contributed by atoms with Crippen LogP contribution < -0.4 is 0 Å². The summed E-state index contributed by atoms with van der Waals surface area (Å²) >= 11 is 1.50. The number of hydrogen-bond acceptors (Lipinski definition) is 7. The lowest BCUT2D eigenvalue weighted by Gasteiger charge is -2.46. The molecule has 3 saturated heterocycles. The fourth-order valence-corrected chi connectivity index (χ4v) is 2.99. The molecular weight excluding hydrogens is 250 g/mol. The van der Waals surface area contributed by atoms with Crippen molar-refractivity contribution in [1.82, 2.24) is 19.9 Å². The summed E-state index contributed by atoms with van der Waals surface area (Å²) in [4.78, 5) is 9.33. The Hall–Kier alpha value is -1.10. The van der Waals surface area contributed by atoms with Gasteiger partial charge in [-0.25, -0.2) is 0 Å². The summed E-state index contributed by atoms with van der Waals surface area (Å²) in [6.45, 7) is 5.50. The van der Waals surface area contributed by atoms with E-state index >= 15 is 0 Å². The van der Waals surface area contributed by atoms with E-state index in [0.717, 1.165) is 38.5 Å². The summed E-state index contributed by atoms with van der Waals surface area (Å²) in [6.07, 6.45) is 0. The third-order valence-electron chi connectivity index (χ3n) is 3.45. The SMILES string of the molecule is N#CCSCc1nc(C2CN3CCN2CC3)no1. The highest BCUT2D eigenvalue weighted by Gasteiger charge is 2.35. The summed E-state index contributed by atoms with van der Waals surface area (Å²) in [6, 6.07) is 2.37. The van der Waals surface area contributed by atoms with Gasteiger partial charge >= 0.3 is 0 Å². The summed E-state index contributed by atoms with van der Waals surface area (Å²) in [5, 5.41) is 12.6. The number of rotatable bonds is 4. The first kappa shape index (κ1) is 12.0. The van der Waals surface area contributed by atoms with Crippen LogP contribution in [0.4, 0.5) is 0 Å². The minimum atomic E-state index is 0.283. The van der Waals surface area contributed by atoms with Gasteiger partial charge in [-0.1, -0.05) is 5.16 Å². The molecule has 4 rings (SSSR count). The molecule has 7 heteroatoms. The number of nitrogens with zero attached hydrogens (tertiary/aromatic N) is 5. The smallest absolute Gasteiger partial charge is 0.236 e. The molecule has 96 valence electrons. The van der Waals surface area contributed by atoms with Gasteiger partial charge in [0.25, 0.3) is 0 Å². The second-order valence-corrected chi connectivity index (χ2v) is 5.54. The van der Waals surface area contributed by atoms with Crippen molar-refractivity contribution >= 4 is 11.8 Å². The van der Waals surface area contributed by atoms with Gasteiger partial charge in [-0.05, 0) is 0 Å². The highest BCUT2D eigenvalue weighted by molar-refractivity contribution is 7.98. The zero-order valence-electron chi connectivity index (χ0n) is 10.1. The van der Waals surface area contributed by atoms with Gasteiger partial charge in [-0.3, -0.25) is 9.80 Å². The normalized spacial score (nSPS) is 30.3. The maximum atomic E-state index is 8.48. The fourth-order valence-electron chi connectivity index (χ4n) is 2.51.